The number of nitrogens with one attached hydrogen (secondary N) is 1. The van der Waals surface area contributed by atoms with Crippen molar-refractivity contribution in [3.05, 3.63) is 29.8 Å². The van der Waals surface area contributed by atoms with Crippen molar-refractivity contribution < 1.29 is 9.53 Å². The predicted molar refractivity (Wildman–Crippen MR) is 81.0 cm³/mol. The first-order chi connectivity index (χ1) is 9.67. The van der Waals surface area contributed by atoms with Crippen molar-refractivity contribution in [1.82, 2.24) is 4.90 Å². The molecule has 2 rings (SSSR count). The summed E-state index contributed by atoms with van der Waals surface area (Å²) in [6.07, 6.45) is 0.561. The number of nitrogens with zero attached hydrogens (tertiary/aromatic N) is 1. The molecule has 1 aromatic carbocycles. The average Bonchev–Trinajstić information content (AvgIpc) is 2.83. The zero-order chi connectivity index (χ0) is 14.5. The number of likely N-dealkylation sites (N-methyl/N-ethyl adjacent to an activating group) is 1. The molecule has 110 valence electrons. The second-order valence-electron chi connectivity index (χ2n) is 5.35. The molecule has 1 amide bonds. The number of rotatable bonds is 6. The molecule has 1 N–H and O–H groups in total. The molecular weight excluding hydrogens is 252 g/mol. The van der Waals surface area contributed by atoms with Crippen LogP contribution < -0.4 is 5.32 Å². The Balaban J connectivity index is 2.01. The van der Waals surface area contributed by atoms with Crippen LogP contribution in [0.4, 0.5) is 5.69 Å². The topological polar surface area (TPSA) is 41.6 Å². The van der Waals surface area contributed by atoms with Crippen LogP contribution in [-0.4, -0.2) is 43.7 Å². The van der Waals surface area contributed by atoms with Crippen LogP contribution in [0.5, 0.6) is 0 Å². The van der Waals surface area contributed by atoms with E-state index in [4.69, 9.17) is 4.74 Å². The number of benzene rings is 1. The summed E-state index contributed by atoms with van der Waals surface area (Å²) in [6, 6.07) is 8.37. The molecule has 4 nitrogen and oxygen atoms in total. The van der Waals surface area contributed by atoms with Gasteiger partial charge >= 0.3 is 0 Å². The molecule has 1 aliphatic heterocycles. The average molecular weight is 276 g/mol. The second kappa shape index (κ2) is 6.75. The molecule has 1 aliphatic rings. The van der Waals surface area contributed by atoms with E-state index < -0.39 is 0 Å². The van der Waals surface area contributed by atoms with Gasteiger partial charge in [0.25, 0.3) is 0 Å². The van der Waals surface area contributed by atoms with Gasteiger partial charge in [-0.3, -0.25) is 4.79 Å². The molecule has 0 aliphatic carbocycles. The number of fused-ring (bicyclic) bond motifs is 1. The molecule has 1 aromatic rings. The largest absolute Gasteiger partial charge is 0.384 e. The first-order valence-electron chi connectivity index (χ1n) is 7.28. The van der Waals surface area contributed by atoms with Crippen LogP contribution in [0.2, 0.25) is 0 Å². The molecule has 0 saturated heterocycles. The van der Waals surface area contributed by atoms with Crippen molar-refractivity contribution in [2.24, 2.45) is 0 Å². The monoisotopic (exact) mass is 276 g/mol. The summed E-state index contributed by atoms with van der Waals surface area (Å²) in [7, 11) is 1.67. The van der Waals surface area contributed by atoms with E-state index in [0.717, 1.165) is 13.1 Å². The van der Waals surface area contributed by atoms with Crippen molar-refractivity contribution in [3.8, 4) is 0 Å². The Hall–Kier alpha value is -1.55. The lowest BCUT2D eigenvalue weighted by Crippen LogP contribution is -2.41. The fraction of sp³-hybridized carbons (Fsp3) is 0.562. The molecule has 2 atom stereocenters. The second-order valence-corrected chi connectivity index (χ2v) is 5.35. The van der Waals surface area contributed by atoms with E-state index in [1.807, 2.05) is 30.9 Å². The maximum atomic E-state index is 12.5. The summed E-state index contributed by atoms with van der Waals surface area (Å²) in [6.45, 7) is 6.21. The summed E-state index contributed by atoms with van der Waals surface area (Å²) in [5.41, 5.74) is 2.43. The summed E-state index contributed by atoms with van der Waals surface area (Å²) in [5.74, 6) is 0.489. The maximum Gasteiger partial charge on any atom is 0.223 e. The van der Waals surface area contributed by atoms with Gasteiger partial charge in [-0.05, 0) is 25.5 Å². The lowest BCUT2D eigenvalue weighted by Gasteiger charge is -2.28. The molecule has 0 bridgehead atoms. The third kappa shape index (κ3) is 3.12. The minimum Gasteiger partial charge on any atom is -0.384 e. The highest BCUT2D eigenvalue weighted by Crippen LogP contribution is 2.33. The van der Waals surface area contributed by atoms with Gasteiger partial charge in [-0.15, -0.1) is 0 Å². The smallest absolute Gasteiger partial charge is 0.223 e. The highest BCUT2D eigenvalue weighted by atomic mass is 16.5. The van der Waals surface area contributed by atoms with E-state index in [9.17, 15) is 4.79 Å². The van der Waals surface area contributed by atoms with Crippen molar-refractivity contribution >= 4 is 11.6 Å². The van der Waals surface area contributed by atoms with Crippen molar-refractivity contribution in [3.63, 3.8) is 0 Å². The highest BCUT2D eigenvalue weighted by molar-refractivity contribution is 5.78. The van der Waals surface area contributed by atoms with Gasteiger partial charge in [0.15, 0.2) is 0 Å². The Bertz CT molecular complexity index is 462. The quantitative estimate of drug-likeness (QED) is 0.868. The fourth-order valence-corrected chi connectivity index (χ4v) is 2.93. The number of hydrogen-bond acceptors (Lipinski definition) is 3. The molecule has 2 unspecified atom stereocenters. The Labute approximate surface area is 121 Å². The third-order valence-corrected chi connectivity index (χ3v) is 3.96. The molecule has 0 fully saturated rings. The van der Waals surface area contributed by atoms with E-state index >= 15 is 0 Å². The number of ether oxygens (including phenoxy) is 1. The van der Waals surface area contributed by atoms with Crippen LogP contribution in [-0.2, 0) is 9.53 Å². The van der Waals surface area contributed by atoms with Crippen LogP contribution in [0.3, 0.4) is 0 Å². The van der Waals surface area contributed by atoms with Crippen molar-refractivity contribution in [2.45, 2.75) is 32.2 Å². The molecular formula is C16H24N2O2. The van der Waals surface area contributed by atoms with Gasteiger partial charge in [0.1, 0.15) is 0 Å². The Morgan fingerprint density at radius 1 is 1.50 bits per heavy atom. The number of methoxy groups -OCH3 is 1. The van der Waals surface area contributed by atoms with Gasteiger partial charge in [0.05, 0.1) is 12.6 Å². The number of carbonyl (C=O) groups excluding carboxylic acids is 1. The number of amides is 1. The van der Waals surface area contributed by atoms with E-state index in [0.29, 0.717) is 13.0 Å². The zero-order valence-corrected chi connectivity index (χ0v) is 12.6. The highest BCUT2D eigenvalue weighted by Gasteiger charge is 2.27. The van der Waals surface area contributed by atoms with Crippen LogP contribution in [0.1, 0.15) is 31.7 Å². The van der Waals surface area contributed by atoms with Gasteiger partial charge < -0.3 is 15.0 Å². The first-order valence-corrected chi connectivity index (χ1v) is 7.28. The Kier molecular flexibility index (Phi) is 5.01. The van der Waals surface area contributed by atoms with Crippen LogP contribution in [0.25, 0.3) is 0 Å². The molecule has 0 aromatic heterocycles. The Morgan fingerprint density at radius 2 is 2.25 bits per heavy atom. The van der Waals surface area contributed by atoms with Gasteiger partial charge in [-0.2, -0.15) is 0 Å². The minimum absolute atomic E-state index is 0.127. The summed E-state index contributed by atoms with van der Waals surface area (Å²) < 4.78 is 5.16. The number of para-hydroxylation sites is 1. The van der Waals surface area contributed by atoms with E-state index in [-0.39, 0.29) is 17.9 Å². The third-order valence-electron chi connectivity index (χ3n) is 3.96. The fourth-order valence-electron chi connectivity index (χ4n) is 2.93. The number of carbonyl (C=O) groups is 1. The lowest BCUT2D eigenvalue weighted by atomic mass is 9.97. The van der Waals surface area contributed by atoms with Crippen LogP contribution >= 0.6 is 0 Å². The molecule has 0 radical (unpaired) electrons. The molecule has 4 heteroatoms. The summed E-state index contributed by atoms with van der Waals surface area (Å²) in [5, 5.41) is 3.37. The molecule has 0 spiro atoms. The first kappa shape index (κ1) is 14.9. The number of hydrogen-bond donors (Lipinski definition) is 1. The van der Waals surface area contributed by atoms with E-state index in [2.05, 4.69) is 17.4 Å². The van der Waals surface area contributed by atoms with E-state index in [1.165, 1.54) is 11.3 Å². The predicted octanol–water partition coefficient (Wildman–Crippen LogP) is 2.47. The van der Waals surface area contributed by atoms with Gasteiger partial charge in [-0.1, -0.05) is 18.2 Å². The minimum atomic E-state index is 0.127. The SMILES string of the molecule is CCN(C(=O)CC1CNc2ccccc21)C(C)COC. The summed E-state index contributed by atoms with van der Waals surface area (Å²) in [4.78, 5) is 14.4. The lowest BCUT2D eigenvalue weighted by molar-refractivity contribution is -0.134. The van der Waals surface area contributed by atoms with Crippen molar-refractivity contribution in [1.29, 1.82) is 0 Å². The molecule has 20 heavy (non-hydrogen) atoms. The van der Waals surface area contributed by atoms with Gasteiger partial charge in [-0.25, -0.2) is 0 Å². The zero-order valence-electron chi connectivity index (χ0n) is 12.6. The summed E-state index contributed by atoms with van der Waals surface area (Å²) >= 11 is 0. The Morgan fingerprint density at radius 3 is 2.95 bits per heavy atom. The van der Waals surface area contributed by atoms with Crippen molar-refractivity contribution in [2.75, 3.05) is 32.1 Å². The molecule has 1 heterocycles. The normalized spacial score (nSPS) is 18.2. The van der Waals surface area contributed by atoms with Gasteiger partial charge in [0, 0.05) is 38.2 Å². The molecule has 0 saturated carbocycles. The van der Waals surface area contributed by atoms with Crippen LogP contribution in [0, 0.1) is 0 Å². The standard InChI is InChI=1S/C16H24N2O2/c1-4-18(12(2)11-20-3)16(19)9-13-10-17-15-8-6-5-7-14(13)15/h5-8,12-13,17H,4,9-11H2,1-3H3. The van der Waals surface area contributed by atoms with Gasteiger partial charge in [0.2, 0.25) is 5.91 Å². The maximum absolute atomic E-state index is 12.5. The number of anilines is 1. The van der Waals surface area contributed by atoms with E-state index in [1.54, 1.807) is 7.11 Å². The van der Waals surface area contributed by atoms with Crippen LogP contribution in [0.15, 0.2) is 24.3 Å².